The molecule has 2 nitrogen and oxygen atoms in total. The molecule has 0 heterocycles. The van der Waals surface area contributed by atoms with Crippen molar-refractivity contribution < 1.29 is 9.04 Å². The van der Waals surface area contributed by atoms with Crippen molar-refractivity contribution in [3.8, 4) is 0 Å². The summed E-state index contributed by atoms with van der Waals surface area (Å²) in [7, 11) is 1.38. The Balaban J connectivity index is 2.88. The molecule has 0 spiro atoms. The number of halogens is 3. The predicted molar refractivity (Wildman–Crippen MR) is 75.2 cm³/mol. The van der Waals surface area contributed by atoms with Crippen molar-refractivity contribution in [2.24, 2.45) is 5.73 Å². The highest BCUT2D eigenvalue weighted by Crippen LogP contribution is 2.24. The molecule has 0 aliphatic carbocycles. The van der Waals surface area contributed by atoms with E-state index in [0.717, 1.165) is 6.07 Å². The third kappa shape index (κ3) is 3.61. The SMILES string of the molecule is CC(C)(N)C(C)(C)O[B]c1cc(F)cc(Cl)c1Cl. The molecule has 0 amide bonds. The van der Waals surface area contributed by atoms with Crippen molar-refractivity contribution in [3.63, 3.8) is 0 Å². The Bertz CT molecular complexity index is 446. The normalized spacial score (nSPS) is 12.7. The van der Waals surface area contributed by atoms with Crippen LogP contribution in [0.5, 0.6) is 0 Å². The van der Waals surface area contributed by atoms with Crippen molar-refractivity contribution in [1.29, 1.82) is 0 Å². The summed E-state index contributed by atoms with van der Waals surface area (Å²) < 4.78 is 18.8. The topological polar surface area (TPSA) is 35.2 Å². The Labute approximate surface area is 118 Å². The van der Waals surface area contributed by atoms with E-state index in [1.54, 1.807) is 0 Å². The molecule has 0 bridgehead atoms. The molecule has 0 aromatic heterocycles. The van der Waals surface area contributed by atoms with Gasteiger partial charge in [-0.25, -0.2) is 4.39 Å². The Morgan fingerprint density at radius 2 is 1.78 bits per heavy atom. The number of rotatable bonds is 4. The second-order valence-electron chi connectivity index (χ2n) is 5.26. The van der Waals surface area contributed by atoms with E-state index in [1.807, 2.05) is 27.7 Å². The average Bonchev–Trinajstić information content (AvgIpc) is 2.19. The summed E-state index contributed by atoms with van der Waals surface area (Å²) in [4.78, 5) is 0. The Hall–Kier alpha value is -0.285. The summed E-state index contributed by atoms with van der Waals surface area (Å²) in [6.07, 6.45) is 0. The zero-order valence-corrected chi connectivity index (χ0v) is 12.4. The minimum absolute atomic E-state index is 0.149. The minimum atomic E-state index is -0.630. The molecule has 0 aliphatic heterocycles. The van der Waals surface area contributed by atoms with E-state index in [2.05, 4.69) is 0 Å². The second-order valence-corrected chi connectivity index (χ2v) is 6.04. The van der Waals surface area contributed by atoms with Crippen molar-refractivity contribution in [1.82, 2.24) is 0 Å². The maximum absolute atomic E-state index is 13.2. The molecular weight excluding hydrogens is 275 g/mol. The quantitative estimate of drug-likeness (QED) is 0.684. The van der Waals surface area contributed by atoms with Gasteiger partial charge in [-0.2, -0.15) is 0 Å². The van der Waals surface area contributed by atoms with Gasteiger partial charge in [0.2, 0.25) is 0 Å². The van der Waals surface area contributed by atoms with E-state index < -0.39 is 17.0 Å². The van der Waals surface area contributed by atoms with E-state index in [-0.39, 0.29) is 10.0 Å². The van der Waals surface area contributed by atoms with Crippen molar-refractivity contribution in [3.05, 3.63) is 28.0 Å². The van der Waals surface area contributed by atoms with Crippen molar-refractivity contribution in [2.75, 3.05) is 0 Å². The fourth-order valence-corrected chi connectivity index (χ4v) is 1.39. The average molecular weight is 291 g/mol. The van der Waals surface area contributed by atoms with Gasteiger partial charge in [-0.1, -0.05) is 23.2 Å². The first kappa shape index (κ1) is 15.8. The van der Waals surface area contributed by atoms with Gasteiger partial charge < -0.3 is 10.4 Å². The summed E-state index contributed by atoms with van der Waals surface area (Å²) in [5, 5.41) is 0.403. The van der Waals surface area contributed by atoms with Crippen molar-refractivity contribution >= 4 is 36.1 Å². The molecule has 1 radical (unpaired) electrons. The van der Waals surface area contributed by atoms with Gasteiger partial charge in [0.15, 0.2) is 0 Å². The van der Waals surface area contributed by atoms with E-state index in [1.165, 1.54) is 13.5 Å². The molecule has 18 heavy (non-hydrogen) atoms. The van der Waals surface area contributed by atoms with Crippen molar-refractivity contribution in [2.45, 2.75) is 38.8 Å². The van der Waals surface area contributed by atoms with E-state index in [9.17, 15) is 4.39 Å². The third-order valence-electron chi connectivity index (χ3n) is 3.05. The number of benzene rings is 1. The fraction of sp³-hybridized carbons (Fsp3) is 0.500. The molecule has 1 aromatic carbocycles. The molecule has 0 atom stereocenters. The molecule has 0 fully saturated rings. The van der Waals surface area contributed by atoms with Crippen LogP contribution in [0.2, 0.25) is 10.0 Å². The number of nitrogens with two attached hydrogens (primary N) is 1. The highest BCUT2D eigenvalue weighted by molar-refractivity contribution is 6.56. The highest BCUT2D eigenvalue weighted by atomic mass is 35.5. The van der Waals surface area contributed by atoms with Crippen LogP contribution in [0.15, 0.2) is 12.1 Å². The summed E-state index contributed by atoms with van der Waals surface area (Å²) in [6.45, 7) is 7.39. The van der Waals surface area contributed by atoms with Gasteiger partial charge in [0.25, 0.3) is 0 Å². The second kappa shape index (κ2) is 5.37. The Morgan fingerprint density at radius 1 is 1.22 bits per heavy atom. The molecule has 0 aliphatic rings. The molecule has 0 saturated carbocycles. The molecule has 1 aromatic rings. The van der Waals surface area contributed by atoms with E-state index in [4.69, 9.17) is 33.6 Å². The smallest absolute Gasteiger partial charge is 0.332 e. The van der Waals surface area contributed by atoms with E-state index >= 15 is 0 Å². The largest absolute Gasteiger partial charge is 0.428 e. The molecule has 6 heteroatoms. The molecular formula is C12H16BCl2FNO. The lowest BCUT2D eigenvalue weighted by Crippen LogP contribution is -2.55. The zero-order chi connectivity index (χ0) is 14.1. The summed E-state index contributed by atoms with van der Waals surface area (Å²) in [6, 6.07) is 2.41. The molecule has 2 N–H and O–H groups in total. The van der Waals surface area contributed by atoms with E-state index in [0.29, 0.717) is 5.46 Å². The zero-order valence-electron chi connectivity index (χ0n) is 10.9. The molecule has 1 rings (SSSR count). The molecule has 99 valence electrons. The summed E-state index contributed by atoms with van der Waals surface area (Å²) in [5.74, 6) is -0.468. The monoisotopic (exact) mass is 290 g/mol. The van der Waals surface area contributed by atoms with Crippen LogP contribution < -0.4 is 11.2 Å². The van der Waals surface area contributed by atoms with Crippen LogP contribution in [0.25, 0.3) is 0 Å². The Kier molecular flexibility index (Phi) is 4.71. The lowest BCUT2D eigenvalue weighted by Gasteiger charge is -2.38. The maximum atomic E-state index is 13.2. The standard InChI is InChI=1S/C12H16BCl2FNO/c1-11(2,17)12(3,4)18-13-8-5-7(16)6-9(14)10(8)15/h5-6H,17H2,1-4H3. The molecule has 0 saturated heterocycles. The summed E-state index contributed by atoms with van der Waals surface area (Å²) in [5.41, 5.74) is 5.19. The van der Waals surface area contributed by atoms with Crippen LogP contribution >= 0.6 is 23.2 Å². The lowest BCUT2D eigenvalue weighted by atomic mass is 9.81. The molecule has 0 unspecified atom stereocenters. The minimum Gasteiger partial charge on any atom is -0.428 e. The fourth-order valence-electron chi connectivity index (χ4n) is 1.02. The first-order chi connectivity index (χ1) is 8.04. The van der Waals surface area contributed by atoms with Crippen LogP contribution in [-0.2, 0) is 4.65 Å². The third-order valence-corrected chi connectivity index (χ3v) is 3.87. The van der Waals surface area contributed by atoms with Crippen LogP contribution in [0.1, 0.15) is 27.7 Å². The van der Waals surface area contributed by atoms with Crippen LogP contribution in [0.4, 0.5) is 4.39 Å². The van der Waals surface area contributed by atoms with Gasteiger partial charge in [-0.15, -0.1) is 0 Å². The first-order valence-electron chi connectivity index (χ1n) is 5.49. The van der Waals surface area contributed by atoms with Crippen LogP contribution in [-0.4, -0.2) is 18.6 Å². The van der Waals surface area contributed by atoms with Gasteiger partial charge in [0.05, 0.1) is 15.6 Å². The van der Waals surface area contributed by atoms with Gasteiger partial charge in [-0.05, 0) is 45.3 Å². The van der Waals surface area contributed by atoms with Crippen LogP contribution in [0, 0.1) is 5.82 Å². The lowest BCUT2D eigenvalue weighted by molar-refractivity contribution is 0.0462. The Morgan fingerprint density at radius 3 is 2.28 bits per heavy atom. The first-order valence-corrected chi connectivity index (χ1v) is 6.24. The highest BCUT2D eigenvalue weighted by Gasteiger charge is 2.34. The van der Waals surface area contributed by atoms with Gasteiger partial charge in [-0.3, -0.25) is 0 Å². The van der Waals surface area contributed by atoms with Gasteiger partial charge in [0.1, 0.15) is 5.82 Å². The van der Waals surface area contributed by atoms with Crippen LogP contribution in [0.3, 0.4) is 0 Å². The van der Waals surface area contributed by atoms with Gasteiger partial charge >= 0.3 is 7.48 Å². The van der Waals surface area contributed by atoms with Gasteiger partial charge in [0, 0.05) is 5.54 Å². The predicted octanol–water partition coefficient (Wildman–Crippen LogP) is 2.91. The summed E-state index contributed by atoms with van der Waals surface area (Å²) >= 11 is 11.8. The number of hydrogen-bond acceptors (Lipinski definition) is 2. The maximum Gasteiger partial charge on any atom is 0.332 e. The number of hydrogen-bond donors (Lipinski definition) is 1.